The number of carbonyl (C=O) groups is 1. The number of rotatable bonds is 4. The quantitative estimate of drug-likeness (QED) is 0.778. The topological polar surface area (TPSA) is 40.5 Å². The fourth-order valence-electron chi connectivity index (χ4n) is 1.98. The Kier molecular flexibility index (Phi) is 4.26. The third-order valence-corrected chi connectivity index (χ3v) is 3.66. The molecular weight excluding hydrogens is 198 g/mol. The largest absolute Gasteiger partial charge is 0.480 e. The predicted octanol–water partition coefficient (Wildman–Crippen LogP) is 1.68. The summed E-state index contributed by atoms with van der Waals surface area (Å²) in [7, 11) is 0. The summed E-state index contributed by atoms with van der Waals surface area (Å²) in [4.78, 5) is 13.3. The molecule has 1 aliphatic rings. The molecule has 0 aromatic carbocycles. The maximum Gasteiger partial charge on any atom is 0.323 e. The molecule has 1 heterocycles. The van der Waals surface area contributed by atoms with E-state index < -0.39 is 11.5 Å². The number of likely N-dealkylation sites (tertiary alicyclic amines) is 1. The number of carboxylic acids is 1. The van der Waals surface area contributed by atoms with Crippen molar-refractivity contribution >= 4 is 17.7 Å². The van der Waals surface area contributed by atoms with Gasteiger partial charge in [0.2, 0.25) is 0 Å². The van der Waals surface area contributed by atoms with E-state index in [9.17, 15) is 9.90 Å². The first-order chi connectivity index (χ1) is 6.61. The Morgan fingerprint density at radius 2 is 2.29 bits per heavy atom. The normalized spacial score (nSPS) is 29.0. The summed E-state index contributed by atoms with van der Waals surface area (Å²) in [6.07, 6.45) is 5.02. The maximum atomic E-state index is 11.2. The minimum Gasteiger partial charge on any atom is -0.480 e. The number of carboxylic acid groups (broad SMARTS) is 1. The zero-order chi connectivity index (χ0) is 10.6. The van der Waals surface area contributed by atoms with E-state index in [2.05, 4.69) is 11.2 Å². The van der Waals surface area contributed by atoms with Crippen molar-refractivity contribution in [1.29, 1.82) is 0 Å². The van der Waals surface area contributed by atoms with Crippen LogP contribution in [-0.4, -0.2) is 46.6 Å². The van der Waals surface area contributed by atoms with E-state index in [0.717, 1.165) is 38.1 Å². The van der Waals surface area contributed by atoms with Gasteiger partial charge in [0.25, 0.3) is 0 Å². The van der Waals surface area contributed by atoms with Crippen LogP contribution in [0.3, 0.4) is 0 Å². The lowest BCUT2D eigenvalue weighted by atomic mass is 9.88. The first-order valence-corrected chi connectivity index (χ1v) is 6.48. The first-order valence-electron chi connectivity index (χ1n) is 5.08. The van der Waals surface area contributed by atoms with E-state index in [4.69, 9.17) is 0 Å². The van der Waals surface area contributed by atoms with Crippen molar-refractivity contribution in [2.75, 3.05) is 25.1 Å². The van der Waals surface area contributed by atoms with Crippen LogP contribution in [0, 0.1) is 0 Å². The van der Waals surface area contributed by atoms with Crippen LogP contribution < -0.4 is 0 Å². The van der Waals surface area contributed by atoms with Crippen LogP contribution in [0.5, 0.6) is 0 Å². The zero-order valence-corrected chi connectivity index (χ0v) is 9.77. The summed E-state index contributed by atoms with van der Waals surface area (Å²) in [5, 5.41) is 9.22. The van der Waals surface area contributed by atoms with Crippen molar-refractivity contribution in [2.24, 2.45) is 0 Å². The molecule has 1 unspecified atom stereocenters. The van der Waals surface area contributed by atoms with Gasteiger partial charge in [0.05, 0.1) is 0 Å². The standard InChI is InChI=1S/C10H19NO2S/c1-10(9(12)13)5-3-4-6-11(10)7-8-14-2/h3-8H2,1-2H3,(H,12,13). The highest BCUT2D eigenvalue weighted by Crippen LogP contribution is 2.28. The van der Waals surface area contributed by atoms with Crippen LogP contribution >= 0.6 is 11.8 Å². The van der Waals surface area contributed by atoms with Gasteiger partial charge in [-0.2, -0.15) is 11.8 Å². The van der Waals surface area contributed by atoms with E-state index in [1.54, 1.807) is 11.8 Å². The Balaban J connectivity index is 2.63. The highest BCUT2D eigenvalue weighted by molar-refractivity contribution is 7.98. The van der Waals surface area contributed by atoms with Crippen molar-refractivity contribution < 1.29 is 9.90 Å². The molecular formula is C10H19NO2S. The molecule has 1 N–H and O–H groups in total. The van der Waals surface area contributed by atoms with E-state index in [-0.39, 0.29) is 0 Å². The number of nitrogens with zero attached hydrogens (tertiary/aromatic N) is 1. The lowest BCUT2D eigenvalue weighted by Gasteiger charge is -2.41. The van der Waals surface area contributed by atoms with Crippen LogP contribution in [-0.2, 0) is 4.79 Å². The SMILES string of the molecule is CSCCN1CCCCC1(C)C(=O)O. The Morgan fingerprint density at radius 1 is 1.57 bits per heavy atom. The molecule has 1 rings (SSSR count). The van der Waals surface area contributed by atoms with Gasteiger partial charge >= 0.3 is 5.97 Å². The van der Waals surface area contributed by atoms with Gasteiger partial charge in [-0.15, -0.1) is 0 Å². The van der Waals surface area contributed by atoms with Crippen molar-refractivity contribution in [3.05, 3.63) is 0 Å². The van der Waals surface area contributed by atoms with Gasteiger partial charge in [-0.05, 0) is 39.0 Å². The molecule has 1 atom stereocenters. The van der Waals surface area contributed by atoms with Crippen LogP contribution in [0.15, 0.2) is 0 Å². The second-order valence-corrected chi connectivity index (χ2v) is 5.00. The lowest BCUT2D eigenvalue weighted by molar-refractivity contribution is -0.152. The third-order valence-electron chi connectivity index (χ3n) is 3.07. The average molecular weight is 217 g/mol. The van der Waals surface area contributed by atoms with Crippen molar-refractivity contribution in [1.82, 2.24) is 4.90 Å². The summed E-state index contributed by atoms with van der Waals surface area (Å²) < 4.78 is 0. The zero-order valence-electron chi connectivity index (χ0n) is 8.95. The molecule has 0 saturated carbocycles. The average Bonchev–Trinajstić information content (AvgIpc) is 2.16. The van der Waals surface area contributed by atoms with Crippen LogP contribution in [0.1, 0.15) is 26.2 Å². The van der Waals surface area contributed by atoms with E-state index in [0.29, 0.717) is 0 Å². The monoisotopic (exact) mass is 217 g/mol. The summed E-state index contributed by atoms with van der Waals surface area (Å²) in [6.45, 7) is 3.68. The van der Waals surface area contributed by atoms with Crippen molar-refractivity contribution in [3.63, 3.8) is 0 Å². The fraction of sp³-hybridized carbons (Fsp3) is 0.900. The van der Waals surface area contributed by atoms with Gasteiger partial charge in [0.15, 0.2) is 0 Å². The van der Waals surface area contributed by atoms with E-state index in [1.165, 1.54) is 0 Å². The number of piperidine rings is 1. The van der Waals surface area contributed by atoms with E-state index in [1.807, 2.05) is 6.92 Å². The highest BCUT2D eigenvalue weighted by atomic mass is 32.2. The molecule has 4 heteroatoms. The van der Waals surface area contributed by atoms with Crippen LogP contribution in [0.2, 0.25) is 0 Å². The highest BCUT2D eigenvalue weighted by Gasteiger charge is 2.40. The summed E-state index contributed by atoms with van der Waals surface area (Å²) in [5.74, 6) is 0.348. The van der Waals surface area contributed by atoms with Crippen LogP contribution in [0.25, 0.3) is 0 Å². The van der Waals surface area contributed by atoms with Crippen molar-refractivity contribution in [2.45, 2.75) is 31.7 Å². The molecule has 1 saturated heterocycles. The molecule has 1 fully saturated rings. The molecule has 3 nitrogen and oxygen atoms in total. The van der Waals surface area contributed by atoms with Gasteiger partial charge < -0.3 is 5.11 Å². The Hall–Kier alpha value is -0.220. The molecule has 82 valence electrons. The Labute approximate surface area is 89.9 Å². The minimum absolute atomic E-state index is 0.617. The molecule has 0 aromatic rings. The second-order valence-electron chi connectivity index (χ2n) is 4.02. The molecule has 0 aliphatic carbocycles. The summed E-state index contributed by atoms with van der Waals surface area (Å²) >= 11 is 1.77. The van der Waals surface area contributed by atoms with E-state index >= 15 is 0 Å². The smallest absolute Gasteiger partial charge is 0.323 e. The van der Waals surface area contributed by atoms with Gasteiger partial charge in [0, 0.05) is 12.3 Å². The van der Waals surface area contributed by atoms with Gasteiger partial charge in [-0.3, -0.25) is 9.69 Å². The van der Waals surface area contributed by atoms with Crippen molar-refractivity contribution in [3.8, 4) is 0 Å². The fourth-order valence-corrected chi connectivity index (χ4v) is 2.38. The van der Waals surface area contributed by atoms with Gasteiger partial charge in [-0.1, -0.05) is 0 Å². The number of hydrogen-bond donors (Lipinski definition) is 1. The molecule has 1 aliphatic heterocycles. The number of aliphatic carboxylic acids is 1. The van der Waals surface area contributed by atoms with Gasteiger partial charge in [0.1, 0.15) is 5.54 Å². The molecule has 0 amide bonds. The molecule has 0 spiro atoms. The number of hydrogen-bond acceptors (Lipinski definition) is 3. The molecule has 14 heavy (non-hydrogen) atoms. The Bertz CT molecular complexity index is 210. The predicted molar refractivity (Wildman–Crippen MR) is 59.8 cm³/mol. The first kappa shape index (κ1) is 11.9. The number of thioether (sulfide) groups is 1. The third kappa shape index (κ3) is 2.42. The molecule has 0 aromatic heterocycles. The second kappa shape index (κ2) is 5.03. The molecule has 0 bridgehead atoms. The van der Waals surface area contributed by atoms with Gasteiger partial charge in [-0.25, -0.2) is 0 Å². The molecule has 0 radical (unpaired) electrons. The summed E-state index contributed by atoms with van der Waals surface area (Å²) in [5.41, 5.74) is -0.617. The summed E-state index contributed by atoms with van der Waals surface area (Å²) in [6, 6.07) is 0. The van der Waals surface area contributed by atoms with Crippen LogP contribution in [0.4, 0.5) is 0 Å². The Morgan fingerprint density at radius 3 is 2.86 bits per heavy atom. The lowest BCUT2D eigenvalue weighted by Crippen LogP contribution is -2.55. The minimum atomic E-state index is -0.668. The maximum absolute atomic E-state index is 11.2.